The van der Waals surface area contributed by atoms with Crippen molar-refractivity contribution >= 4 is 16.0 Å². The topological polar surface area (TPSA) is 74.3 Å². The van der Waals surface area contributed by atoms with Gasteiger partial charge in [0.25, 0.3) is 0 Å². The molecule has 6 nitrogen and oxygen atoms in total. The molecule has 0 atom stereocenters. The molecule has 7 heteroatoms. The van der Waals surface area contributed by atoms with Crippen LogP contribution in [-0.4, -0.2) is 43.9 Å². The molecular formula is C12H22N4O2S. The summed E-state index contributed by atoms with van der Waals surface area (Å²) < 4.78 is 27.7. The van der Waals surface area contributed by atoms with E-state index in [1.54, 1.807) is 31.4 Å². The van der Waals surface area contributed by atoms with Crippen LogP contribution in [-0.2, 0) is 10.2 Å². The van der Waals surface area contributed by atoms with Crippen LogP contribution in [0.4, 0.5) is 5.82 Å². The fraction of sp³-hybridized carbons (Fsp3) is 0.583. The van der Waals surface area contributed by atoms with Gasteiger partial charge < -0.3 is 5.32 Å². The van der Waals surface area contributed by atoms with Gasteiger partial charge in [-0.3, -0.25) is 4.72 Å². The standard InChI is InChI=1S/C12H22N4O2S/c1-11(2)13-9-6-10-16(3)19(17,18)15-12-7-4-5-8-14-12/h4-5,7-8,11,13H,6,9-10H2,1-3H3,(H,14,15). The van der Waals surface area contributed by atoms with Crippen LogP contribution in [0.3, 0.4) is 0 Å². The number of aromatic nitrogens is 1. The average molecular weight is 286 g/mol. The second-order valence-corrected chi connectivity index (χ2v) is 6.38. The highest BCUT2D eigenvalue weighted by atomic mass is 32.2. The third kappa shape index (κ3) is 6.00. The summed E-state index contributed by atoms with van der Waals surface area (Å²) >= 11 is 0. The zero-order valence-corrected chi connectivity index (χ0v) is 12.4. The summed E-state index contributed by atoms with van der Waals surface area (Å²) in [5.41, 5.74) is 0. The number of nitrogens with zero attached hydrogens (tertiary/aromatic N) is 2. The van der Waals surface area contributed by atoms with E-state index in [0.29, 0.717) is 18.4 Å². The normalized spacial score (nSPS) is 12.1. The number of pyridine rings is 1. The van der Waals surface area contributed by atoms with Gasteiger partial charge in [-0.2, -0.15) is 12.7 Å². The van der Waals surface area contributed by atoms with Crippen LogP contribution < -0.4 is 10.0 Å². The molecule has 0 aliphatic carbocycles. The van der Waals surface area contributed by atoms with Gasteiger partial charge in [-0.25, -0.2) is 4.98 Å². The Morgan fingerprint density at radius 1 is 1.37 bits per heavy atom. The monoisotopic (exact) mass is 286 g/mol. The summed E-state index contributed by atoms with van der Waals surface area (Å²) in [5, 5.41) is 3.25. The molecule has 19 heavy (non-hydrogen) atoms. The highest BCUT2D eigenvalue weighted by Gasteiger charge is 2.17. The number of nitrogens with one attached hydrogen (secondary N) is 2. The molecule has 2 N–H and O–H groups in total. The molecule has 0 aromatic carbocycles. The molecule has 0 aliphatic rings. The minimum atomic E-state index is -3.52. The van der Waals surface area contributed by atoms with E-state index >= 15 is 0 Å². The third-order valence-electron chi connectivity index (χ3n) is 2.51. The molecular weight excluding hydrogens is 264 g/mol. The predicted octanol–water partition coefficient (Wildman–Crippen LogP) is 1.06. The Labute approximate surface area is 115 Å². The largest absolute Gasteiger partial charge is 0.314 e. The lowest BCUT2D eigenvalue weighted by molar-refractivity contribution is 0.451. The van der Waals surface area contributed by atoms with Crippen LogP contribution in [0.2, 0.25) is 0 Å². The van der Waals surface area contributed by atoms with E-state index in [-0.39, 0.29) is 0 Å². The molecule has 0 saturated heterocycles. The lowest BCUT2D eigenvalue weighted by atomic mass is 10.3. The molecule has 0 radical (unpaired) electrons. The smallest absolute Gasteiger partial charge is 0.302 e. The summed E-state index contributed by atoms with van der Waals surface area (Å²) in [6, 6.07) is 5.50. The summed E-state index contributed by atoms with van der Waals surface area (Å²) in [4.78, 5) is 3.94. The van der Waals surface area contributed by atoms with Gasteiger partial charge in [0.15, 0.2) is 0 Å². The van der Waals surface area contributed by atoms with Gasteiger partial charge in [-0.1, -0.05) is 19.9 Å². The van der Waals surface area contributed by atoms with Crippen LogP contribution in [0.15, 0.2) is 24.4 Å². The Morgan fingerprint density at radius 2 is 2.11 bits per heavy atom. The van der Waals surface area contributed by atoms with Crippen molar-refractivity contribution in [2.45, 2.75) is 26.3 Å². The van der Waals surface area contributed by atoms with E-state index < -0.39 is 10.2 Å². The first-order valence-corrected chi connectivity index (χ1v) is 7.74. The first kappa shape index (κ1) is 15.9. The van der Waals surface area contributed by atoms with E-state index in [9.17, 15) is 8.42 Å². The van der Waals surface area contributed by atoms with Gasteiger partial charge in [0.1, 0.15) is 5.82 Å². The second-order valence-electron chi connectivity index (χ2n) is 4.61. The van der Waals surface area contributed by atoms with Gasteiger partial charge in [-0.05, 0) is 25.1 Å². The van der Waals surface area contributed by atoms with E-state index in [1.165, 1.54) is 4.31 Å². The van der Waals surface area contributed by atoms with E-state index in [4.69, 9.17) is 0 Å². The Morgan fingerprint density at radius 3 is 2.68 bits per heavy atom. The Kier molecular flexibility index (Phi) is 6.20. The third-order valence-corrected chi connectivity index (χ3v) is 3.98. The average Bonchev–Trinajstić information content (AvgIpc) is 2.34. The van der Waals surface area contributed by atoms with Crippen LogP contribution >= 0.6 is 0 Å². The fourth-order valence-corrected chi connectivity index (χ4v) is 2.36. The fourth-order valence-electron chi connectivity index (χ4n) is 1.45. The van der Waals surface area contributed by atoms with Crippen LogP contribution in [0.5, 0.6) is 0 Å². The van der Waals surface area contributed by atoms with Crippen molar-refractivity contribution in [3.05, 3.63) is 24.4 Å². The van der Waals surface area contributed by atoms with Crippen LogP contribution in [0, 0.1) is 0 Å². The molecule has 1 aromatic rings. The maximum atomic E-state index is 12.0. The van der Waals surface area contributed by atoms with Crippen molar-refractivity contribution in [2.24, 2.45) is 0 Å². The van der Waals surface area contributed by atoms with Crippen molar-refractivity contribution in [2.75, 3.05) is 24.9 Å². The van der Waals surface area contributed by atoms with Crippen LogP contribution in [0.1, 0.15) is 20.3 Å². The number of hydrogen-bond acceptors (Lipinski definition) is 4. The molecule has 108 valence electrons. The lowest BCUT2D eigenvalue weighted by Crippen LogP contribution is -2.35. The Balaban J connectivity index is 2.44. The second kappa shape index (κ2) is 7.42. The summed E-state index contributed by atoms with van der Waals surface area (Å²) in [6.07, 6.45) is 2.31. The minimum Gasteiger partial charge on any atom is -0.314 e. The van der Waals surface area contributed by atoms with Crippen LogP contribution in [0.25, 0.3) is 0 Å². The highest BCUT2D eigenvalue weighted by molar-refractivity contribution is 7.90. The molecule has 0 unspecified atom stereocenters. The molecule has 0 aliphatic heterocycles. The summed E-state index contributed by atoms with van der Waals surface area (Å²) in [6.45, 7) is 5.37. The Hall–Kier alpha value is -1.18. The van der Waals surface area contributed by atoms with Gasteiger partial charge in [-0.15, -0.1) is 0 Å². The first-order chi connectivity index (χ1) is 8.92. The minimum absolute atomic E-state index is 0.328. The molecule has 0 spiro atoms. The first-order valence-electron chi connectivity index (χ1n) is 6.30. The zero-order chi connectivity index (χ0) is 14.3. The van der Waals surface area contributed by atoms with Crippen molar-refractivity contribution in [3.8, 4) is 0 Å². The van der Waals surface area contributed by atoms with Crippen molar-refractivity contribution in [1.82, 2.24) is 14.6 Å². The van der Waals surface area contributed by atoms with Crippen molar-refractivity contribution < 1.29 is 8.42 Å². The maximum absolute atomic E-state index is 12.0. The maximum Gasteiger partial charge on any atom is 0.302 e. The number of anilines is 1. The molecule has 1 heterocycles. The van der Waals surface area contributed by atoms with E-state index in [1.807, 2.05) is 0 Å². The molecule has 0 fully saturated rings. The Bertz CT molecular complexity index is 462. The summed E-state index contributed by atoms with van der Waals surface area (Å²) in [5.74, 6) is 0.328. The molecule has 0 bridgehead atoms. The lowest BCUT2D eigenvalue weighted by Gasteiger charge is -2.18. The SMILES string of the molecule is CC(C)NCCCN(C)S(=O)(=O)Nc1ccccn1. The number of rotatable bonds is 8. The van der Waals surface area contributed by atoms with Gasteiger partial charge in [0.2, 0.25) is 0 Å². The van der Waals surface area contributed by atoms with Crippen molar-refractivity contribution in [1.29, 1.82) is 0 Å². The summed E-state index contributed by atoms with van der Waals surface area (Å²) in [7, 11) is -1.96. The zero-order valence-electron chi connectivity index (χ0n) is 11.6. The van der Waals surface area contributed by atoms with Gasteiger partial charge in [0, 0.05) is 25.8 Å². The molecule has 0 amide bonds. The number of hydrogen-bond donors (Lipinski definition) is 2. The van der Waals surface area contributed by atoms with E-state index in [0.717, 1.165) is 13.0 Å². The van der Waals surface area contributed by atoms with E-state index in [2.05, 4.69) is 28.9 Å². The molecule has 1 aromatic heterocycles. The van der Waals surface area contributed by atoms with Gasteiger partial charge in [0.05, 0.1) is 0 Å². The quantitative estimate of drug-likeness (QED) is 0.701. The van der Waals surface area contributed by atoms with Crippen molar-refractivity contribution in [3.63, 3.8) is 0 Å². The predicted molar refractivity (Wildman–Crippen MR) is 77.2 cm³/mol. The molecule has 0 saturated carbocycles. The highest BCUT2D eigenvalue weighted by Crippen LogP contribution is 2.06. The molecule has 1 rings (SSSR count). The van der Waals surface area contributed by atoms with Gasteiger partial charge >= 0.3 is 10.2 Å².